The molecule has 148 valence electrons. The van der Waals surface area contributed by atoms with Crippen molar-refractivity contribution in [1.29, 1.82) is 0 Å². The molecular weight excluding hydrogens is 381 g/mol. The summed E-state index contributed by atoms with van der Waals surface area (Å²) < 4.78 is 24.8. The number of rotatable bonds is 5. The molecule has 0 spiro atoms. The Morgan fingerprint density at radius 1 is 1.25 bits per heavy atom. The van der Waals surface area contributed by atoms with Gasteiger partial charge in [0.1, 0.15) is 17.3 Å². The van der Waals surface area contributed by atoms with E-state index in [1.54, 1.807) is 30.3 Å². The average molecular weight is 403 g/mol. The van der Waals surface area contributed by atoms with Gasteiger partial charge in [-0.25, -0.2) is 4.39 Å². The lowest BCUT2D eigenvalue weighted by atomic mass is 9.89. The Labute approximate surface area is 167 Å². The minimum absolute atomic E-state index is 0.0774. The zero-order chi connectivity index (χ0) is 20.3. The number of amides is 1. The van der Waals surface area contributed by atoms with Crippen LogP contribution in [0.3, 0.4) is 0 Å². The molecule has 0 saturated carbocycles. The lowest BCUT2D eigenvalue weighted by Crippen LogP contribution is -2.29. The van der Waals surface area contributed by atoms with Crippen LogP contribution in [0.4, 0.5) is 10.1 Å². The summed E-state index contributed by atoms with van der Waals surface area (Å²) in [6.07, 6.45) is 0.768. The van der Waals surface area contributed by atoms with E-state index >= 15 is 0 Å². The third-order valence-electron chi connectivity index (χ3n) is 4.69. The highest BCUT2D eigenvalue weighted by Gasteiger charge is 2.30. The fourth-order valence-corrected chi connectivity index (χ4v) is 4.00. The number of methoxy groups -OCH3 is 2. The van der Waals surface area contributed by atoms with Crippen LogP contribution in [0.1, 0.15) is 29.3 Å². The maximum absolute atomic E-state index is 14.4. The third kappa shape index (κ3) is 4.06. The Morgan fingerprint density at radius 3 is 2.71 bits per heavy atom. The number of halogens is 1. The van der Waals surface area contributed by atoms with Crippen LogP contribution in [0.2, 0.25) is 0 Å². The van der Waals surface area contributed by atoms with E-state index in [4.69, 9.17) is 15.2 Å². The van der Waals surface area contributed by atoms with Gasteiger partial charge in [0.15, 0.2) is 5.17 Å². The molecule has 0 fully saturated rings. The van der Waals surface area contributed by atoms with Gasteiger partial charge in [-0.3, -0.25) is 9.79 Å². The lowest BCUT2D eigenvalue weighted by molar-refractivity contribution is 0.102. The standard InChI is InChI=1S/C20H22FN3O3S/c1-20(8-9-28-19(22)24-20)12-4-7-15(21)16(10-12)23-18(25)14-6-5-13(26-2)11-17(14)27-3/h4-7,10-11H,8-9H2,1-3H3,(H2,22,24)(H,23,25). The first kappa shape index (κ1) is 20.0. The molecule has 1 amide bonds. The highest BCUT2D eigenvalue weighted by atomic mass is 32.2. The number of ether oxygens (including phenoxy) is 2. The molecule has 1 unspecified atom stereocenters. The van der Waals surface area contributed by atoms with Gasteiger partial charge in [-0.05, 0) is 43.2 Å². The first-order valence-electron chi connectivity index (χ1n) is 8.68. The van der Waals surface area contributed by atoms with Crippen LogP contribution in [-0.2, 0) is 5.54 Å². The first-order chi connectivity index (χ1) is 13.4. The summed E-state index contributed by atoms with van der Waals surface area (Å²) >= 11 is 1.50. The Morgan fingerprint density at radius 2 is 2.04 bits per heavy atom. The number of aliphatic imine (C=N–C) groups is 1. The molecule has 3 N–H and O–H groups in total. The molecular formula is C20H22FN3O3S. The summed E-state index contributed by atoms with van der Waals surface area (Å²) in [5.74, 6) is 0.703. The van der Waals surface area contributed by atoms with Gasteiger partial charge >= 0.3 is 0 Å². The highest BCUT2D eigenvalue weighted by molar-refractivity contribution is 8.13. The van der Waals surface area contributed by atoms with Gasteiger partial charge in [-0.15, -0.1) is 0 Å². The quantitative estimate of drug-likeness (QED) is 0.794. The molecule has 1 aliphatic rings. The maximum Gasteiger partial charge on any atom is 0.259 e. The summed E-state index contributed by atoms with van der Waals surface area (Å²) in [7, 11) is 2.98. The molecule has 3 rings (SSSR count). The molecule has 1 heterocycles. The van der Waals surface area contributed by atoms with Crippen LogP contribution in [0.5, 0.6) is 11.5 Å². The zero-order valence-corrected chi connectivity index (χ0v) is 16.7. The van der Waals surface area contributed by atoms with Crippen molar-refractivity contribution in [1.82, 2.24) is 0 Å². The molecule has 2 aromatic rings. The minimum atomic E-state index is -0.555. The number of nitrogens with one attached hydrogen (secondary N) is 1. The van der Waals surface area contributed by atoms with Crippen molar-refractivity contribution < 1.29 is 18.7 Å². The fraction of sp³-hybridized carbons (Fsp3) is 0.300. The lowest BCUT2D eigenvalue weighted by Gasteiger charge is -2.30. The predicted molar refractivity (Wildman–Crippen MR) is 110 cm³/mol. The second kappa shape index (κ2) is 8.10. The molecule has 6 nitrogen and oxygen atoms in total. The second-order valence-corrected chi connectivity index (χ2v) is 7.65. The normalized spacial score (nSPS) is 18.9. The van der Waals surface area contributed by atoms with Crippen molar-refractivity contribution >= 4 is 28.5 Å². The number of amidine groups is 1. The number of nitrogens with zero attached hydrogens (tertiary/aromatic N) is 1. The third-order valence-corrected chi connectivity index (χ3v) is 5.48. The molecule has 0 bridgehead atoms. The number of benzene rings is 2. The maximum atomic E-state index is 14.4. The van der Waals surface area contributed by atoms with E-state index in [2.05, 4.69) is 10.3 Å². The summed E-state index contributed by atoms with van der Waals surface area (Å²) in [6, 6.07) is 9.42. The first-order valence-corrected chi connectivity index (χ1v) is 9.66. The molecule has 8 heteroatoms. The second-order valence-electron chi connectivity index (χ2n) is 6.54. The molecule has 1 aliphatic heterocycles. The average Bonchev–Trinajstić information content (AvgIpc) is 2.68. The SMILES string of the molecule is COc1ccc(C(=O)Nc2cc(C3(C)CCSC(N)=N3)ccc2F)c(OC)c1. The number of carbonyl (C=O) groups excluding carboxylic acids is 1. The van der Waals surface area contributed by atoms with Crippen molar-refractivity contribution in [3.63, 3.8) is 0 Å². The number of nitrogens with two attached hydrogens (primary N) is 1. The van der Waals surface area contributed by atoms with E-state index in [1.165, 1.54) is 32.0 Å². The fourth-order valence-electron chi connectivity index (χ4n) is 3.03. The van der Waals surface area contributed by atoms with E-state index in [0.717, 1.165) is 17.7 Å². The number of thioether (sulfide) groups is 1. The van der Waals surface area contributed by atoms with Crippen molar-refractivity contribution in [2.75, 3.05) is 25.3 Å². The summed E-state index contributed by atoms with van der Waals surface area (Å²) in [5, 5.41) is 3.13. The number of anilines is 1. The topological polar surface area (TPSA) is 85.9 Å². The molecule has 1 atom stereocenters. The molecule has 2 aromatic carbocycles. The van der Waals surface area contributed by atoms with Crippen molar-refractivity contribution in [3.8, 4) is 11.5 Å². The van der Waals surface area contributed by atoms with Gasteiger partial charge in [0, 0.05) is 11.8 Å². The van der Waals surface area contributed by atoms with E-state index in [0.29, 0.717) is 16.7 Å². The van der Waals surface area contributed by atoms with Crippen LogP contribution in [0.25, 0.3) is 0 Å². The van der Waals surface area contributed by atoms with Crippen molar-refractivity contribution in [3.05, 3.63) is 53.3 Å². The number of carbonyl (C=O) groups is 1. The van der Waals surface area contributed by atoms with Crippen LogP contribution < -0.4 is 20.5 Å². The largest absolute Gasteiger partial charge is 0.497 e. The summed E-state index contributed by atoms with van der Waals surface area (Å²) in [6.45, 7) is 1.95. The van der Waals surface area contributed by atoms with Crippen LogP contribution >= 0.6 is 11.8 Å². The molecule has 0 aliphatic carbocycles. The van der Waals surface area contributed by atoms with Gasteiger partial charge in [0.05, 0.1) is 31.0 Å². The van der Waals surface area contributed by atoms with Crippen molar-refractivity contribution in [2.24, 2.45) is 10.7 Å². The summed E-state index contributed by atoms with van der Waals surface area (Å²) in [4.78, 5) is 17.2. The van der Waals surface area contributed by atoms with Crippen LogP contribution in [-0.4, -0.2) is 31.0 Å². The predicted octanol–water partition coefficient (Wildman–Crippen LogP) is 3.76. The van der Waals surface area contributed by atoms with Gasteiger partial charge in [0.25, 0.3) is 5.91 Å². The van der Waals surface area contributed by atoms with E-state index < -0.39 is 17.3 Å². The van der Waals surface area contributed by atoms with Crippen molar-refractivity contribution in [2.45, 2.75) is 18.9 Å². The monoisotopic (exact) mass is 403 g/mol. The summed E-state index contributed by atoms with van der Waals surface area (Å²) in [5.41, 5.74) is 6.46. The number of hydrogen-bond donors (Lipinski definition) is 2. The molecule has 28 heavy (non-hydrogen) atoms. The Hall–Kier alpha value is -2.74. The van der Waals surface area contributed by atoms with E-state index in [-0.39, 0.29) is 11.3 Å². The smallest absolute Gasteiger partial charge is 0.259 e. The number of hydrogen-bond acceptors (Lipinski definition) is 6. The van der Waals surface area contributed by atoms with Gasteiger partial charge < -0.3 is 20.5 Å². The van der Waals surface area contributed by atoms with Crippen LogP contribution in [0, 0.1) is 5.82 Å². The Bertz CT molecular complexity index is 935. The Balaban J connectivity index is 1.91. The minimum Gasteiger partial charge on any atom is -0.497 e. The highest BCUT2D eigenvalue weighted by Crippen LogP contribution is 2.36. The van der Waals surface area contributed by atoms with Gasteiger partial charge in [0.2, 0.25) is 0 Å². The zero-order valence-electron chi connectivity index (χ0n) is 15.9. The van der Waals surface area contributed by atoms with Crippen LogP contribution in [0.15, 0.2) is 41.4 Å². The van der Waals surface area contributed by atoms with Gasteiger partial charge in [-0.2, -0.15) is 0 Å². The van der Waals surface area contributed by atoms with E-state index in [1.807, 2.05) is 6.92 Å². The van der Waals surface area contributed by atoms with Gasteiger partial charge in [-0.1, -0.05) is 17.8 Å². The molecule has 0 aromatic heterocycles. The molecule has 0 saturated heterocycles. The van der Waals surface area contributed by atoms with E-state index in [9.17, 15) is 9.18 Å². The molecule has 0 radical (unpaired) electrons. The Kier molecular flexibility index (Phi) is 5.79.